The molecule has 0 spiro atoms. The second-order valence-corrected chi connectivity index (χ2v) is 6.03. The van der Waals surface area contributed by atoms with Crippen molar-refractivity contribution in [3.8, 4) is 0 Å². The quantitative estimate of drug-likeness (QED) is 0.415. The number of nitroso groups, excluding NO2 is 1. The van der Waals surface area contributed by atoms with Gasteiger partial charge in [-0.25, -0.2) is 4.79 Å². The first-order valence-corrected chi connectivity index (χ1v) is 8.61. The van der Waals surface area contributed by atoms with E-state index < -0.39 is 36.7 Å². The first kappa shape index (κ1) is 21.2. The molecule has 1 aliphatic heterocycles. The maximum absolute atomic E-state index is 11.8. The number of benzene rings is 1. The Morgan fingerprint density at radius 1 is 1.33 bits per heavy atom. The van der Waals surface area contributed by atoms with Crippen molar-refractivity contribution in [3.05, 3.63) is 40.8 Å². The van der Waals surface area contributed by atoms with Crippen LogP contribution in [0.5, 0.6) is 0 Å². The maximum Gasteiger partial charge on any atom is 0.340 e. The Morgan fingerprint density at radius 2 is 2.04 bits per heavy atom. The molecule has 150 valence electrons. The van der Waals surface area contributed by atoms with E-state index in [0.717, 1.165) is 5.56 Å². The van der Waals surface area contributed by atoms with Crippen molar-refractivity contribution in [1.82, 2.24) is 10.3 Å². The standard InChI is InChI=1S/C17H25N3O7/c1-3-25-16-14(22)13(21)15(27-16)12(9-18-17(23)20(2)19-24)26-10-11-7-5-4-6-8-11/h4-8,12-16,21-22H,3,9-10H2,1-2H3,(H,18,23)/t12-,13-,14-,15-,16+/m1/s1. The minimum absolute atomic E-state index is 0.0706. The van der Waals surface area contributed by atoms with Crippen LogP contribution in [0.3, 0.4) is 0 Å². The van der Waals surface area contributed by atoms with E-state index in [0.29, 0.717) is 11.6 Å². The minimum Gasteiger partial charge on any atom is -0.387 e. The molecule has 1 saturated heterocycles. The maximum atomic E-state index is 11.8. The second-order valence-electron chi connectivity index (χ2n) is 6.03. The number of urea groups is 1. The zero-order valence-electron chi connectivity index (χ0n) is 15.2. The number of nitrogens with one attached hydrogen (secondary N) is 1. The number of hydrogen-bond acceptors (Lipinski definition) is 8. The van der Waals surface area contributed by atoms with Gasteiger partial charge in [-0.1, -0.05) is 30.3 Å². The van der Waals surface area contributed by atoms with Crippen LogP contribution in [0.15, 0.2) is 35.6 Å². The lowest BCUT2D eigenvalue weighted by Gasteiger charge is -2.26. The Kier molecular flexibility index (Phi) is 8.07. The van der Waals surface area contributed by atoms with Gasteiger partial charge in [0.1, 0.15) is 24.4 Å². The summed E-state index contributed by atoms with van der Waals surface area (Å²) in [6, 6.07) is 8.59. The lowest BCUT2D eigenvalue weighted by atomic mass is 10.1. The zero-order valence-corrected chi connectivity index (χ0v) is 15.2. The molecule has 0 saturated carbocycles. The lowest BCUT2D eigenvalue weighted by Crippen LogP contribution is -2.47. The van der Waals surface area contributed by atoms with Gasteiger partial charge < -0.3 is 29.7 Å². The van der Waals surface area contributed by atoms with Gasteiger partial charge in [-0.3, -0.25) is 0 Å². The highest BCUT2D eigenvalue weighted by atomic mass is 16.7. The van der Waals surface area contributed by atoms with Crippen LogP contribution < -0.4 is 5.32 Å². The lowest BCUT2D eigenvalue weighted by molar-refractivity contribution is -0.181. The highest BCUT2D eigenvalue weighted by molar-refractivity contribution is 5.73. The molecule has 2 amide bonds. The number of carbonyl (C=O) groups excluding carboxylic acids is 1. The van der Waals surface area contributed by atoms with E-state index in [-0.39, 0.29) is 13.2 Å². The number of hydrogen-bond donors (Lipinski definition) is 3. The molecule has 0 radical (unpaired) electrons. The summed E-state index contributed by atoms with van der Waals surface area (Å²) in [5.41, 5.74) is 0.884. The molecule has 1 aliphatic rings. The Balaban J connectivity index is 2.06. The molecular weight excluding hydrogens is 358 g/mol. The number of amides is 2. The summed E-state index contributed by atoms with van der Waals surface area (Å²) in [5.74, 6) is 0. The van der Waals surface area contributed by atoms with Gasteiger partial charge in [0.15, 0.2) is 6.29 Å². The number of aliphatic hydroxyl groups excluding tert-OH is 2. The van der Waals surface area contributed by atoms with E-state index in [1.165, 1.54) is 7.05 Å². The Morgan fingerprint density at radius 3 is 2.67 bits per heavy atom. The summed E-state index contributed by atoms with van der Waals surface area (Å²) < 4.78 is 16.7. The van der Waals surface area contributed by atoms with Crippen LogP contribution in [0.25, 0.3) is 0 Å². The van der Waals surface area contributed by atoms with E-state index in [2.05, 4.69) is 10.6 Å². The van der Waals surface area contributed by atoms with Crippen molar-refractivity contribution in [2.24, 2.45) is 5.29 Å². The van der Waals surface area contributed by atoms with E-state index in [9.17, 15) is 19.9 Å². The molecule has 0 aromatic heterocycles. The van der Waals surface area contributed by atoms with Crippen LogP contribution in [-0.4, -0.2) is 72.2 Å². The molecule has 3 N–H and O–H groups in total. The third-order valence-electron chi connectivity index (χ3n) is 4.13. The van der Waals surface area contributed by atoms with Crippen LogP contribution in [0.2, 0.25) is 0 Å². The van der Waals surface area contributed by atoms with Crippen molar-refractivity contribution < 1.29 is 29.2 Å². The summed E-state index contributed by atoms with van der Waals surface area (Å²) in [4.78, 5) is 22.2. The topological polar surface area (TPSA) is 130 Å². The van der Waals surface area contributed by atoms with Crippen molar-refractivity contribution in [1.29, 1.82) is 0 Å². The van der Waals surface area contributed by atoms with Crippen LogP contribution in [-0.2, 0) is 20.8 Å². The third kappa shape index (κ3) is 5.68. The van der Waals surface area contributed by atoms with Gasteiger partial charge in [-0.15, -0.1) is 4.91 Å². The smallest absolute Gasteiger partial charge is 0.340 e. The van der Waals surface area contributed by atoms with E-state index in [4.69, 9.17) is 14.2 Å². The number of rotatable bonds is 9. The van der Waals surface area contributed by atoms with Gasteiger partial charge in [-0.05, 0) is 12.5 Å². The van der Waals surface area contributed by atoms with Crippen LogP contribution in [0, 0.1) is 4.91 Å². The number of nitrogens with zero attached hydrogens (tertiary/aromatic N) is 2. The molecule has 2 rings (SSSR count). The van der Waals surface area contributed by atoms with Gasteiger partial charge in [0.05, 0.1) is 11.9 Å². The Bertz CT molecular complexity index is 603. The highest BCUT2D eigenvalue weighted by Crippen LogP contribution is 2.26. The van der Waals surface area contributed by atoms with Crippen molar-refractivity contribution in [2.45, 2.75) is 44.2 Å². The molecule has 27 heavy (non-hydrogen) atoms. The fraction of sp³-hybridized carbons (Fsp3) is 0.588. The first-order valence-electron chi connectivity index (χ1n) is 8.61. The van der Waals surface area contributed by atoms with Gasteiger partial charge in [0.2, 0.25) is 0 Å². The SMILES string of the molecule is CCO[C@H]1O[C@H]([C@@H](CNC(=O)N(C)N=O)OCc2ccccc2)[C@H](O)[C@H]1O. The van der Waals surface area contributed by atoms with Crippen molar-refractivity contribution in [2.75, 3.05) is 20.2 Å². The van der Waals surface area contributed by atoms with Crippen molar-refractivity contribution >= 4 is 6.03 Å². The second kappa shape index (κ2) is 10.3. The van der Waals surface area contributed by atoms with Crippen molar-refractivity contribution in [3.63, 3.8) is 0 Å². The predicted octanol–water partition coefficient (Wildman–Crippen LogP) is 0.378. The first-order chi connectivity index (χ1) is 13.0. The minimum atomic E-state index is -1.26. The molecule has 1 aromatic carbocycles. The molecule has 10 heteroatoms. The molecule has 0 unspecified atom stereocenters. The van der Waals surface area contributed by atoms with Crippen LogP contribution in [0.1, 0.15) is 12.5 Å². The fourth-order valence-corrected chi connectivity index (χ4v) is 2.67. The van der Waals surface area contributed by atoms with Crippen LogP contribution in [0.4, 0.5) is 4.79 Å². The highest BCUT2D eigenvalue weighted by Gasteiger charge is 2.47. The average Bonchev–Trinajstić information content (AvgIpc) is 2.96. The zero-order chi connectivity index (χ0) is 19.8. The third-order valence-corrected chi connectivity index (χ3v) is 4.13. The summed E-state index contributed by atoms with van der Waals surface area (Å²) in [6.07, 6.45) is -5.24. The number of aliphatic hydroxyl groups is 2. The Labute approximate surface area is 157 Å². The van der Waals surface area contributed by atoms with E-state index in [1.807, 2.05) is 30.3 Å². The van der Waals surface area contributed by atoms with E-state index in [1.54, 1.807) is 6.92 Å². The summed E-state index contributed by atoms with van der Waals surface area (Å²) in [5, 5.41) is 26.0. The predicted molar refractivity (Wildman–Crippen MR) is 94.3 cm³/mol. The molecule has 0 aliphatic carbocycles. The van der Waals surface area contributed by atoms with Gasteiger partial charge in [0, 0.05) is 20.2 Å². The molecule has 5 atom stereocenters. The number of ether oxygens (including phenoxy) is 3. The van der Waals surface area contributed by atoms with E-state index >= 15 is 0 Å². The molecular formula is C17H25N3O7. The summed E-state index contributed by atoms with van der Waals surface area (Å²) in [7, 11) is 1.21. The van der Waals surface area contributed by atoms with Gasteiger partial charge in [0.25, 0.3) is 0 Å². The molecule has 1 heterocycles. The summed E-state index contributed by atoms with van der Waals surface area (Å²) >= 11 is 0. The fourth-order valence-electron chi connectivity index (χ4n) is 2.67. The largest absolute Gasteiger partial charge is 0.387 e. The molecule has 1 fully saturated rings. The van der Waals surface area contributed by atoms with Gasteiger partial charge in [-0.2, -0.15) is 5.01 Å². The normalized spacial score (nSPS) is 25.8. The monoisotopic (exact) mass is 383 g/mol. The molecule has 1 aromatic rings. The summed E-state index contributed by atoms with van der Waals surface area (Å²) in [6.45, 7) is 2.16. The molecule has 10 nitrogen and oxygen atoms in total. The molecule has 0 bridgehead atoms. The Hall–Kier alpha value is -2.11. The van der Waals surface area contributed by atoms with Gasteiger partial charge >= 0.3 is 6.03 Å². The van der Waals surface area contributed by atoms with Crippen LogP contribution >= 0.6 is 0 Å². The average molecular weight is 383 g/mol. The number of carbonyl (C=O) groups is 1.